The molecule has 1 aromatic carbocycles. The molecule has 2 aromatic heterocycles. The largest absolute Gasteiger partial charge is 0.311 e. The number of hydrogen-bond acceptors (Lipinski definition) is 3. The molecule has 2 heterocycles. The van der Waals surface area contributed by atoms with E-state index in [1.807, 2.05) is 30.3 Å². The molecule has 0 fully saturated rings. The Balaban J connectivity index is 2.25. The van der Waals surface area contributed by atoms with Gasteiger partial charge in [0.15, 0.2) is 11.6 Å². The summed E-state index contributed by atoms with van der Waals surface area (Å²) in [6, 6.07) is 9.62. The van der Waals surface area contributed by atoms with Crippen LogP contribution in [0.5, 0.6) is 0 Å². The van der Waals surface area contributed by atoms with Gasteiger partial charge in [0.2, 0.25) is 6.41 Å². The van der Waals surface area contributed by atoms with Crippen molar-refractivity contribution in [3.05, 3.63) is 45.7 Å². The molecule has 0 spiro atoms. The van der Waals surface area contributed by atoms with Gasteiger partial charge in [-0.25, -0.2) is 9.67 Å². The summed E-state index contributed by atoms with van der Waals surface area (Å²) in [5.41, 5.74) is 1.83. The molecule has 0 saturated carbocycles. The first-order chi connectivity index (χ1) is 10.2. The van der Waals surface area contributed by atoms with Crippen LogP contribution >= 0.6 is 34.2 Å². The Labute approximate surface area is 139 Å². The minimum Gasteiger partial charge on any atom is -0.311 e. The van der Waals surface area contributed by atoms with Crippen LogP contribution in [0, 0.1) is 3.57 Å². The van der Waals surface area contributed by atoms with Crippen LogP contribution in [0.2, 0.25) is 0 Å². The lowest BCUT2D eigenvalue weighted by molar-refractivity contribution is -0.105. The molecule has 0 atom stereocenters. The maximum absolute atomic E-state index is 10.8. The summed E-state index contributed by atoms with van der Waals surface area (Å²) in [7, 11) is 0. The van der Waals surface area contributed by atoms with Gasteiger partial charge in [-0.1, -0.05) is 6.07 Å². The zero-order valence-corrected chi connectivity index (χ0v) is 13.7. The smallest absolute Gasteiger partial charge is 0.212 e. The molecular formula is C14H10ClIN4O. The summed E-state index contributed by atoms with van der Waals surface area (Å²) < 4.78 is 2.77. The Bertz CT molecular complexity index is 818. The van der Waals surface area contributed by atoms with Crippen molar-refractivity contribution in [1.29, 1.82) is 0 Å². The predicted octanol–water partition coefficient (Wildman–Crippen LogP) is 3.33. The summed E-state index contributed by atoms with van der Waals surface area (Å²) in [6.45, 7) is 0. The van der Waals surface area contributed by atoms with Crippen molar-refractivity contribution < 1.29 is 4.79 Å². The third-order valence-electron chi connectivity index (χ3n) is 3.02. The van der Waals surface area contributed by atoms with Crippen molar-refractivity contribution in [2.75, 3.05) is 5.32 Å². The standard InChI is InChI=1S/C14H10ClIN4O/c15-7-9-1-2-12-11(5-9)14(18-8-21)19-20(12)13-6-10(16)3-4-17-13/h1-6,8H,7H2,(H,18,19,21). The first-order valence-corrected chi connectivity index (χ1v) is 7.74. The van der Waals surface area contributed by atoms with Gasteiger partial charge in [-0.2, -0.15) is 0 Å². The van der Waals surface area contributed by atoms with Crippen LogP contribution in [0.1, 0.15) is 5.56 Å². The second-order valence-corrected chi connectivity index (χ2v) is 5.85. The molecule has 0 unspecified atom stereocenters. The number of rotatable bonds is 4. The number of halogens is 2. The van der Waals surface area contributed by atoms with Gasteiger partial charge in [0, 0.05) is 21.0 Å². The first-order valence-electron chi connectivity index (χ1n) is 6.12. The second kappa shape index (κ2) is 5.98. The molecule has 3 rings (SSSR count). The minimum absolute atomic E-state index is 0.406. The van der Waals surface area contributed by atoms with Crippen molar-refractivity contribution >= 4 is 57.3 Å². The summed E-state index contributed by atoms with van der Waals surface area (Å²) in [6.07, 6.45) is 2.34. The van der Waals surface area contributed by atoms with E-state index in [9.17, 15) is 4.79 Å². The Morgan fingerprint density at radius 2 is 2.19 bits per heavy atom. The molecular weight excluding hydrogens is 403 g/mol. The van der Waals surface area contributed by atoms with Gasteiger partial charge in [-0.15, -0.1) is 16.7 Å². The number of alkyl halides is 1. The third kappa shape index (κ3) is 2.73. The van der Waals surface area contributed by atoms with E-state index < -0.39 is 0 Å². The summed E-state index contributed by atoms with van der Waals surface area (Å²) >= 11 is 8.09. The first kappa shape index (κ1) is 14.3. The Morgan fingerprint density at radius 3 is 2.90 bits per heavy atom. The van der Waals surface area contributed by atoms with Crippen molar-refractivity contribution in [3.8, 4) is 5.82 Å². The number of carbonyl (C=O) groups is 1. The van der Waals surface area contributed by atoms with Crippen LogP contribution in [0.15, 0.2) is 36.5 Å². The Hall–Kier alpha value is -1.67. The van der Waals surface area contributed by atoms with Crippen LogP contribution in [0.4, 0.5) is 5.82 Å². The van der Waals surface area contributed by atoms with Crippen LogP contribution in [-0.2, 0) is 10.7 Å². The van der Waals surface area contributed by atoms with E-state index in [0.29, 0.717) is 23.9 Å². The molecule has 5 nitrogen and oxygen atoms in total. The maximum Gasteiger partial charge on any atom is 0.212 e. The molecule has 0 aliphatic carbocycles. The highest BCUT2D eigenvalue weighted by atomic mass is 127. The number of hydrogen-bond donors (Lipinski definition) is 1. The van der Waals surface area contributed by atoms with E-state index in [2.05, 4.69) is 38.0 Å². The molecule has 1 N–H and O–H groups in total. The minimum atomic E-state index is 0.406. The molecule has 0 aliphatic heterocycles. The van der Waals surface area contributed by atoms with Gasteiger partial charge in [-0.3, -0.25) is 4.79 Å². The number of fused-ring (bicyclic) bond motifs is 1. The van der Waals surface area contributed by atoms with Crippen LogP contribution in [0.3, 0.4) is 0 Å². The molecule has 0 saturated heterocycles. The zero-order chi connectivity index (χ0) is 14.8. The van der Waals surface area contributed by atoms with Crippen molar-refractivity contribution in [3.63, 3.8) is 0 Å². The monoisotopic (exact) mass is 412 g/mol. The van der Waals surface area contributed by atoms with E-state index in [-0.39, 0.29) is 0 Å². The average molecular weight is 413 g/mol. The molecule has 0 bridgehead atoms. The number of benzene rings is 1. The molecule has 1 amide bonds. The SMILES string of the molecule is O=CNc1nn(-c2cc(I)ccn2)c2ccc(CCl)cc12. The average Bonchev–Trinajstić information content (AvgIpc) is 2.86. The second-order valence-electron chi connectivity index (χ2n) is 4.34. The fourth-order valence-corrected chi connectivity index (χ4v) is 2.70. The van der Waals surface area contributed by atoms with Crippen molar-refractivity contribution in [2.24, 2.45) is 0 Å². The quantitative estimate of drug-likeness (QED) is 0.406. The maximum atomic E-state index is 10.8. The van der Waals surface area contributed by atoms with E-state index in [0.717, 1.165) is 20.0 Å². The number of carbonyl (C=O) groups excluding carboxylic acids is 1. The van der Waals surface area contributed by atoms with Crippen LogP contribution in [-0.4, -0.2) is 21.2 Å². The van der Waals surface area contributed by atoms with Gasteiger partial charge in [0.25, 0.3) is 0 Å². The highest BCUT2D eigenvalue weighted by molar-refractivity contribution is 14.1. The number of nitrogens with zero attached hydrogens (tertiary/aromatic N) is 3. The normalized spacial score (nSPS) is 10.8. The molecule has 21 heavy (non-hydrogen) atoms. The highest BCUT2D eigenvalue weighted by Gasteiger charge is 2.13. The van der Waals surface area contributed by atoms with Gasteiger partial charge in [0.1, 0.15) is 0 Å². The van der Waals surface area contributed by atoms with Gasteiger partial charge in [-0.05, 0) is 52.4 Å². The lowest BCUT2D eigenvalue weighted by Crippen LogP contribution is -2.01. The fraction of sp³-hybridized carbons (Fsp3) is 0.0714. The fourth-order valence-electron chi connectivity index (χ4n) is 2.09. The van der Waals surface area contributed by atoms with Gasteiger partial charge in [0.05, 0.1) is 5.52 Å². The van der Waals surface area contributed by atoms with Crippen molar-refractivity contribution in [2.45, 2.75) is 5.88 Å². The number of pyridine rings is 1. The lowest BCUT2D eigenvalue weighted by atomic mass is 10.2. The molecule has 7 heteroatoms. The van der Waals surface area contributed by atoms with Crippen LogP contribution < -0.4 is 5.32 Å². The van der Waals surface area contributed by atoms with Crippen LogP contribution in [0.25, 0.3) is 16.7 Å². The van der Waals surface area contributed by atoms with E-state index in [1.54, 1.807) is 10.9 Å². The topological polar surface area (TPSA) is 59.8 Å². The van der Waals surface area contributed by atoms with Gasteiger partial charge < -0.3 is 5.32 Å². The van der Waals surface area contributed by atoms with E-state index >= 15 is 0 Å². The van der Waals surface area contributed by atoms with E-state index in [1.165, 1.54) is 0 Å². The van der Waals surface area contributed by atoms with Gasteiger partial charge >= 0.3 is 0 Å². The summed E-state index contributed by atoms with van der Waals surface area (Å²) in [5.74, 6) is 1.60. The summed E-state index contributed by atoms with van der Waals surface area (Å²) in [4.78, 5) is 15.1. The number of anilines is 1. The van der Waals surface area contributed by atoms with E-state index in [4.69, 9.17) is 11.6 Å². The zero-order valence-electron chi connectivity index (χ0n) is 10.8. The number of amides is 1. The molecule has 0 aliphatic rings. The third-order valence-corrected chi connectivity index (χ3v) is 4.00. The highest BCUT2D eigenvalue weighted by Crippen LogP contribution is 2.27. The molecule has 106 valence electrons. The summed E-state index contributed by atoms with van der Waals surface area (Å²) in [5, 5.41) is 7.89. The lowest BCUT2D eigenvalue weighted by Gasteiger charge is -2.03. The molecule has 0 radical (unpaired) electrons. The Kier molecular flexibility index (Phi) is 4.07. The van der Waals surface area contributed by atoms with Crippen molar-refractivity contribution in [1.82, 2.24) is 14.8 Å². The number of aromatic nitrogens is 3. The Morgan fingerprint density at radius 1 is 1.33 bits per heavy atom. The number of nitrogens with one attached hydrogen (secondary N) is 1. The molecule has 3 aromatic rings. The predicted molar refractivity (Wildman–Crippen MR) is 90.8 cm³/mol.